The van der Waals surface area contributed by atoms with Crippen LogP contribution in [0.15, 0.2) is 24.5 Å². The number of halogens is 3. The molecule has 1 amide bonds. The Balaban J connectivity index is 1.70. The zero-order valence-corrected chi connectivity index (χ0v) is 14.2. The van der Waals surface area contributed by atoms with Gasteiger partial charge in [0.2, 0.25) is 5.91 Å². The molecule has 0 aliphatic carbocycles. The molecule has 1 aliphatic rings. The summed E-state index contributed by atoms with van der Waals surface area (Å²) in [6.45, 7) is 3.40. The van der Waals surface area contributed by atoms with Crippen LogP contribution < -0.4 is 0 Å². The molecule has 25 heavy (non-hydrogen) atoms. The first-order valence-electron chi connectivity index (χ1n) is 8.16. The summed E-state index contributed by atoms with van der Waals surface area (Å²) in [7, 11) is 0. The molecule has 3 rings (SSSR count). The Labute approximate surface area is 143 Å². The minimum atomic E-state index is -4.22. The predicted molar refractivity (Wildman–Crippen MR) is 88.1 cm³/mol. The SMILES string of the molecule is CC1(C)CN(CC(F)(F)F)CCN1C(=O)Cc1c[nH]c2ncccc12. The van der Waals surface area contributed by atoms with Gasteiger partial charge in [0.25, 0.3) is 0 Å². The van der Waals surface area contributed by atoms with Crippen molar-refractivity contribution in [3.63, 3.8) is 0 Å². The van der Waals surface area contributed by atoms with Crippen LogP contribution in [0.1, 0.15) is 19.4 Å². The monoisotopic (exact) mass is 354 g/mol. The van der Waals surface area contributed by atoms with E-state index in [0.29, 0.717) is 6.54 Å². The number of carbonyl (C=O) groups is 1. The van der Waals surface area contributed by atoms with E-state index in [1.165, 1.54) is 4.90 Å². The van der Waals surface area contributed by atoms with Crippen LogP contribution in [-0.4, -0.2) is 63.6 Å². The highest BCUT2D eigenvalue weighted by Crippen LogP contribution is 2.26. The van der Waals surface area contributed by atoms with Gasteiger partial charge >= 0.3 is 6.18 Å². The molecule has 2 aromatic rings. The summed E-state index contributed by atoms with van der Waals surface area (Å²) in [5.41, 5.74) is 0.923. The number of hydrogen-bond donors (Lipinski definition) is 1. The van der Waals surface area contributed by atoms with Gasteiger partial charge < -0.3 is 9.88 Å². The number of amides is 1. The van der Waals surface area contributed by atoms with Crippen molar-refractivity contribution in [2.75, 3.05) is 26.2 Å². The fourth-order valence-corrected chi connectivity index (χ4v) is 3.52. The first-order chi connectivity index (χ1) is 11.7. The molecule has 0 spiro atoms. The predicted octanol–water partition coefficient (Wildman–Crippen LogP) is 2.59. The van der Waals surface area contributed by atoms with E-state index in [-0.39, 0.29) is 25.4 Å². The first kappa shape index (κ1) is 17.7. The number of fused-ring (bicyclic) bond motifs is 1. The first-order valence-corrected chi connectivity index (χ1v) is 8.16. The van der Waals surface area contributed by atoms with Crippen LogP contribution in [0.4, 0.5) is 13.2 Å². The molecule has 0 saturated carbocycles. The van der Waals surface area contributed by atoms with Crippen LogP contribution in [0.3, 0.4) is 0 Å². The molecule has 1 saturated heterocycles. The smallest absolute Gasteiger partial charge is 0.346 e. The summed E-state index contributed by atoms with van der Waals surface area (Å²) in [6, 6.07) is 3.71. The number of hydrogen-bond acceptors (Lipinski definition) is 3. The lowest BCUT2D eigenvalue weighted by molar-refractivity contribution is -0.160. The van der Waals surface area contributed by atoms with Gasteiger partial charge in [-0.15, -0.1) is 0 Å². The number of pyridine rings is 1. The Hall–Kier alpha value is -2.09. The van der Waals surface area contributed by atoms with Crippen LogP contribution >= 0.6 is 0 Å². The third-order valence-corrected chi connectivity index (χ3v) is 4.56. The zero-order valence-electron chi connectivity index (χ0n) is 14.2. The van der Waals surface area contributed by atoms with Crippen molar-refractivity contribution in [2.24, 2.45) is 0 Å². The van der Waals surface area contributed by atoms with E-state index in [4.69, 9.17) is 0 Å². The molecule has 8 heteroatoms. The van der Waals surface area contributed by atoms with Gasteiger partial charge in [0.15, 0.2) is 0 Å². The highest BCUT2D eigenvalue weighted by molar-refractivity contribution is 5.87. The minimum absolute atomic E-state index is 0.0820. The number of aromatic nitrogens is 2. The topological polar surface area (TPSA) is 52.2 Å². The van der Waals surface area contributed by atoms with Crippen LogP contribution in [0.2, 0.25) is 0 Å². The van der Waals surface area contributed by atoms with Crippen molar-refractivity contribution in [3.8, 4) is 0 Å². The molecule has 0 radical (unpaired) electrons. The highest BCUT2D eigenvalue weighted by Gasteiger charge is 2.40. The van der Waals surface area contributed by atoms with Crippen LogP contribution in [0.5, 0.6) is 0 Å². The Morgan fingerprint density at radius 3 is 2.80 bits per heavy atom. The number of piperazine rings is 1. The summed E-state index contributed by atoms with van der Waals surface area (Å²) in [5.74, 6) is -0.0820. The van der Waals surface area contributed by atoms with E-state index < -0.39 is 18.3 Å². The molecule has 5 nitrogen and oxygen atoms in total. The third-order valence-electron chi connectivity index (χ3n) is 4.56. The average molecular weight is 354 g/mol. The highest BCUT2D eigenvalue weighted by atomic mass is 19.4. The van der Waals surface area contributed by atoms with Crippen molar-refractivity contribution in [2.45, 2.75) is 32.0 Å². The number of aromatic amines is 1. The second-order valence-electron chi connectivity index (χ2n) is 7.07. The van der Waals surface area contributed by atoms with E-state index >= 15 is 0 Å². The van der Waals surface area contributed by atoms with Gasteiger partial charge in [-0.05, 0) is 31.5 Å². The van der Waals surface area contributed by atoms with Gasteiger partial charge in [-0.2, -0.15) is 13.2 Å². The lowest BCUT2D eigenvalue weighted by Gasteiger charge is -2.47. The number of nitrogens with zero attached hydrogens (tertiary/aromatic N) is 3. The van der Waals surface area contributed by atoms with E-state index in [2.05, 4.69) is 9.97 Å². The van der Waals surface area contributed by atoms with E-state index in [1.54, 1.807) is 17.3 Å². The summed E-state index contributed by atoms with van der Waals surface area (Å²) in [5, 5.41) is 0.893. The molecule has 1 N–H and O–H groups in total. The molecule has 0 aromatic carbocycles. The van der Waals surface area contributed by atoms with Gasteiger partial charge in [-0.25, -0.2) is 4.98 Å². The average Bonchev–Trinajstić information content (AvgIpc) is 2.88. The van der Waals surface area contributed by atoms with Crippen LogP contribution in [0, 0.1) is 0 Å². The second-order valence-corrected chi connectivity index (χ2v) is 7.07. The largest absolute Gasteiger partial charge is 0.401 e. The maximum Gasteiger partial charge on any atom is 0.401 e. The minimum Gasteiger partial charge on any atom is -0.346 e. The fraction of sp³-hybridized carbons (Fsp3) is 0.529. The number of carbonyl (C=O) groups excluding carboxylic acids is 1. The molecular formula is C17H21F3N4O. The molecule has 0 bridgehead atoms. The van der Waals surface area contributed by atoms with Gasteiger partial charge in [-0.1, -0.05) is 0 Å². The molecule has 0 atom stereocenters. The molecule has 136 valence electrons. The maximum absolute atomic E-state index is 12.8. The number of nitrogens with one attached hydrogen (secondary N) is 1. The Bertz CT molecular complexity index is 769. The molecule has 0 unspecified atom stereocenters. The lowest BCUT2D eigenvalue weighted by Crippen LogP contribution is -2.62. The van der Waals surface area contributed by atoms with Crippen molar-refractivity contribution in [1.29, 1.82) is 0 Å². The van der Waals surface area contributed by atoms with E-state index in [1.807, 2.05) is 26.0 Å². The summed E-state index contributed by atoms with van der Waals surface area (Å²) in [4.78, 5) is 23.1. The normalized spacial score (nSPS) is 18.7. The fourth-order valence-electron chi connectivity index (χ4n) is 3.52. The quantitative estimate of drug-likeness (QED) is 0.922. The third kappa shape index (κ3) is 3.95. The van der Waals surface area contributed by atoms with Crippen molar-refractivity contribution in [1.82, 2.24) is 19.8 Å². The van der Waals surface area contributed by atoms with Crippen LogP contribution in [-0.2, 0) is 11.2 Å². The molecule has 3 heterocycles. The number of H-pyrrole nitrogens is 1. The standard InChI is InChI=1S/C17H21F3N4O/c1-16(2)10-23(11-17(18,19)20)6-7-24(16)14(25)8-12-9-22-15-13(12)4-3-5-21-15/h3-5,9H,6-8,10-11H2,1-2H3,(H,21,22). The number of alkyl halides is 3. The van der Waals surface area contributed by atoms with Crippen LogP contribution in [0.25, 0.3) is 11.0 Å². The van der Waals surface area contributed by atoms with E-state index in [9.17, 15) is 18.0 Å². The maximum atomic E-state index is 12.8. The molecular weight excluding hydrogens is 333 g/mol. The van der Waals surface area contributed by atoms with Gasteiger partial charge in [-0.3, -0.25) is 9.69 Å². The van der Waals surface area contributed by atoms with Gasteiger partial charge in [0.1, 0.15) is 5.65 Å². The van der Waals surface area contributed by atoms with E-state index in [0.717, 1.165) is 16.6 Å². The Kier molecular flexibility index (Phi) is 4.49. The second kappa shape index (κ2) is 6.33. The Morgan fingerprint density at radius 2 is 2.12 bits per heavy atom. The van der Waals surface area contributed by atoms with Crippen molar-refractivity contribution < 1.29 is 18.0 Å². The molecule has 2 aromatic heterocycles. The molecule has 1 fully saturated rings. The summed E-state index contributed by atoms with van der Waals surface area (Å²) >= 11 is 0. The summed E-state index contributed by atoms with van der Waals surface area (Å²) < 4.78 is 37.8. The lowest BCUT2D eigenvalue weighted by atomic mass is 9.97. The summed E-state index contributed by atoms with van der Waals surface area (Å²) in [6.07, 6.45) is -0.580. The number of rotatable bonds is 3. The van der Waals surface area contributed by atoms with Gasteiger partial charge in [0, 0.05) is 43.0 Å². The Morgan fingerprint density at radius 1 is 1.36 bits per heavy atom. The van der Waals surface area contributed by atoms with Crippen molar-refractivity contribution in [3.05, 3.63) is 30.1 Å². The zero-order chi connectivity index (χ0) is 18.2. The van der Waals surface area contributed by atoms with Gasteiger partial charge in [0.05, 0.1) is 13.0 Å². The van der Waals surface area contributed by atoms with Crippen molar-refractivity contribution >= 4 is 16.9 Å². The molecule has 1 aliphatic heterocycles.